The van der Waals surface area contributed by atoms with Crippen LogP contribution in [0.5, 0.6) is 5.75 Å². The van der Waals surface area contributed by atoms with Crippen LogP contribution >= 0.6 is 0 Å². The molecule has 1 aliphatic rings. The average Bonchev–Trinajstić information content (AvgIpc) is 3.49. The van der Waals surface area contributed by atoms with Gasteiger partial charge in [0.1, 0.15) is 18.6 Å². The fourth-order valence-electron chi connectivity index (χ4n) is 3.41. The number of halogens is 1. The van der Waals surface area contributed by atoms with Crippen LogP contribution in [0.4, 0.5) is 4.39 Å². The van der Waals surface area contributed by atoms with Crippen LogP contribution in [0.1, 0.15) is 23.3 Å². The Morgan fingerprint density at radius 3 is 2.55 bits per heavy atom. The molecule has 150 valence electrons. The Kier molecular flexibility index (Phi) is 4.86. The first-order chi connectivity index (χ1) is 13.8. The molecule has 1 aromatic heterocycles. The van der Waals surface area contributed by atoms with E-state index < -0.39 is 15.7 Å². The summed E-state index contributed by atoms with van der Waals surface area (Å²) in [4.78, 5) is 11.7. The summed E-state index contributed by atoms with van der Waals surface area (Å²) in [5, 5.41) is 1.10. The number of sulfone groups is 1. The van der Waals surface area contributed by atoms with Gasteiger partial charge in [-0.1, -0.05) is 0 Å². The Bertz CT molecular complexity index is 1230. The van der Waals surface area contributed by atoms with Crippen molar-refractivity contribution in [3.05, 3.63) is 54.1 Å². The van der Waals surface area contributed by atoms with E-state index in [1.807, 2.05) is 0 Å². The number of pyridine rings is 1. The van der Waals surface area contributed by atoms with Gasteiger partial charge >= 0.3 is 0 Å². The minimum Gasteiger partial charge on any atom is -0.493 e. The van der Waals surface area contributed by atoms with Gasteiger partial charge in [-0.2, -0.15) is 4.57 Å². The standard InChI is InChI=1S/C22H21FNO4S/c1-24-11-20(18-9-15(23)5-7-17(18)21(24)12-25)19-10-16(29(2,26)27)6-8-22(19)28-13-14-3-4-14/h5-12,14H,3-4,13H2,1-2H3/q+1. The molecule has 4 rings (SSSR count). The monoisotopic (exact) mass is 414 g/mol. The summed E-state index contributed by atoms with van der Waals surface area (Å²) < 4.78 is 46.0. The number of nitrogens with zero attached hydrogens (tertiary/aromatic N) is 1. The summed E-state index contributed by atoms with van der Waals surface area (Å²) in [6, 6.07) is 8.93. The maximum atomic E-state index is 14.1. The lowest BCUT2D eigenvalue weighted by Gasteiger charge is -2.14. The number of aryl methyl sites for hydroxylation is 1. The van der Waals surface area contributed by atoms with Gasteiger partial charge in [-0.25, -0.2) is 12.8 Å². The van der Waals surface area contributed by atoms with Gasteiger partial charge in [-0.05, 0) is 55.2 Å². The van der Waals surface area contributed by atoms with E-state index in [2.05, 4.69) is 0 Å². The quantitative estimate of drug-likeness (QED) is 0.458. The van der Waals surface area contributed by atoms with E-state index in [1.165, 1.54) is 18.2 Å². The number of hydrogen-bond acceptors (Lipinski definition) is 4. The zero-order valence-corrected chi connectivity index (χ0v) is 17.0. The molecule has 1 heterocycles. The van der Waals surface area contributed by atoms with Crippen LogP contribution in [-0.2, 0) is 16.9 Å². The van der Waals surface area contributed by atoms with Crippen LogP contribution in [-0.4, -0.2) is 27.6 Å². The first-order valence-electron chi connectivity index (χ1n) is 9.32. The smallest absolute Gasteiger partial charge is 0.253 e. The number of benzene rings is 2. The Labute approximate surface area is 168 Å². The van der Waals surface area contributed by atoms with Crippen molar-refractivity contribution in [1.82, 2.24) is 0 Å². The van der Waals surface area contributed by atoms with Gasteiger partial charge in [-0.15, -0.1) is 0 Å². The van der Waals surface area contributed by atoms with Crippen molar-refractivity contribution < 1.29 is 26.9 Å². The maximum absolute atomic E-state index is 14.1. The van der Waals surface area contributed by atoms with Crippen LogP contribution in [0, 0.1) is 11.7 Å². The average molecular weight is 414 g/mol. The summed E-state index contributed by atoms with van der Waals surface area (Å²) in [5.41, 5.74) is 1.56. The zero-order valence-electron chi connectivity index (χ0n) is 16.2. The molecule has 0 bridgehead atoms. The molecule has 29 heavy (non-hydrogen) atoms. The van der Waals surface area contributed by atoms with Gasteiger partial charge in [0.2, 0.25) is 6.29 Å². The minimum atomic E-state index is -3.45. The van der Waals surface area contributed by atoms with Crippen molar-refractivity contribution in [2.45, 2.75) is 17.7 Å². The molecule has 0 N–H and O–H groups in total. The summed E-state index contributed by atoms with van der Waals surface area (Å²) in [7, 11) is -1.72. The summed E-state index contributed by atoms with van der Waals surface area (Å²) in [5.74, 6) is 0.609. The molecule has 0 unspecified atom stereocenters. The number of carbonyl (C=O) groups excluding carboxylic acids is 1. The highest BCUT2D eigenvalue weighted by molar-refractivity contribution is 7.90. The lowest BCUT2D eigenvalue weighted by molar-refractivity contribution is -0.671. The number of aromatic nitrogens is 1. The number of ether oxygens (including phenoxy) is 1. The van der Waals surface area contributed by atoms with Crippen molar-refractivity contribution in [2.24, 2.45) is 13.0 Å². The zero-order chi connectivity index (χ0) is 20.8. The number of aldehydes is 1. The first-order valence-corrected chi connectivity index (χ1v) is 11.2. The number of fused-ring (bicyclic) bond motifs is 1. The van der Waals surface area contributed by atoms with Crippen molar-refractivity contribution in [3.8, 4) is 16.9 Å². The summed E-state index contributed by atoms with van der Waals surface area (Å²) >= 11 is 0. The van der Waals surface area contributed by atoms with Gasteiger partial charge in [0, 0.05) is 17.2 Å². The molecule has 0 atom stereocenters. The number of carbonyl (C=O) groups is 1. The molecule has 1 aliphatic carbocycles. The molecule has 7 heteroatoms. The highest BCUT2D eigenvalue weighted by atomic mass is 32.2. The molecular weight excluding hydrogens is 393 g/mol. The highest BCUT2D eigenvalue weighted by Crippen LogP contribution is 2.38. The third-order valence-corrected chi connectivity index (χ3v) is 6.31. The normalized spacial score (nSPS) is 14.2. The summed E-state index contributed by atoms with van der Waals surface area (Å²) in [6.45, 7) is 0.552. The fraction of sp³-hybridized carbons (Fsp3) is 0.273. The molecular formula is C22H21FNO4S+. The van der Waals surface area contributed by atoms with Gasteiger partial charge in [0.15, 0.2) is 16.0 Å². The second-order valence-electron chi connectivity index (χ2n) is 7.53. The Morgan fingerprint density at radius 2 is 1.90 bits per heavy atom. The molecule has 1 saturated carbocycles. The third kappa shape index (κ3) is 3.87. The van der Waals surface area contributed by atoms with Crippen LogP contribution in [0.25, 0.3) is 21.9 Å². The Balaban J connectivity index is 2.00. The Hall–Kier alpha value is -2.80. The SMILES string of the molecule is C[n+]1cc(-c2cc(S(C)(=O)=O)ccc2OCC2CC2)c2cc(F)ccc2c1C=O. The maximum Gasteiger partial charge on any atom is 0.253 e. The largest absolute Gasteiger partial charge is 0.493 e. The van der Waals surface area contributed by atoms with E-state index in [-0.39, 0.29) is 4.90 Å². The van der Waals surface area contributed by atoms with Crippen LogP contribution < -0.4 is 9.30 Å². The number of hydrogen-bond donors (Lipinski definition) is 0. The predicted molar refractivity (Wildman–Crippen MR) is 107 cm³/mol. The molecule has 0 saturated heterocycles. The lowest BCUT2D eigenvalue weighted by Crippen LogP contribution is -2.33. The minimum absolute atomic E-state index is 0.151. The van der Waals surface area contributed by atoms with E-state index in [4.69, 9.17) is 4.74 Å². The number of rotatable bonds is 6. The van der Waals surface area contributed by atoms with Gasteiger partial charge in [-0.3, -0.25) is 4.79 Å². The Morgan fingerprint density at radius 1 is 1.14 bits per heavy atom. The van der Waals surface area contributed by atoms with E-state index in [0.717, 1.165) is 25.4 Å². The van der Waals surface area contributed by atoms with E-state index >= 15 is 0 Å². The molecule has 1 fully saturated rings. The molecule has 0 amide bonds. The molecule has 5 nitrogen and oxygen atoms in total. The highest BCUT2D eigenvalue weighted by Gasteiger charge is 2.25. The van der Waals surface area contributed by atoms with Crippen LogP contribution in [0.2, 0.25) is 0 Å². The molecule has 2 aromatic carbocycles. The second-order valence-corrected chi connectivity index (χ2v) is 9.55. The van der Waals surface area contributed by atoms with Crippen molar-refractivity contribution >= 4 is 26.9 Å². The van der Waals surface area contributed by atoms with E-state index in [1.54, 1.807) is 36.0 Å². The van der Waals surface area contributed by atoms with Gasteiger partial charge in [0.25, 0.3) is 5.69 Å². The van der Waals surface area contributed by atoms with Crippen molar-refractivity contribution in [3.63, 3.8) is 0 Å². The predicted octanol–water partition coefficient (Wildman–Crippen LogP) is 3.48. The van der Waals surface area contributed by atoms with Crippen LogP contribution in [0.15, 0.2) is 47.5 Å². The second kappa shape index (κ2) is 7.22. The van der Waals surface area contributed by atoms with Crippen LogP contribution in [0.3, 0.4) is 0 Å². The fourth-order valence-corrected chi connectivity index (χ4v) is 4.06. The van der Waals surface area contributed by atoms with Crippen molar-refractivity contribution in [2.75, 3.05) is 12.9 Å². The lowest BCUT2D eigenvalue weighted by atomic mass is 9.98. The molecule has 3 aromatic rings. The van der Waals surface area contributed by atoms with Crippen molar-refractivity contribution in [1.29, 1.82) is 0 Å². The molecule has 0 radical (unpaired) electrons. The van der Waals surface area contributed by atoms with E-state index in [0.29, 0.717) is 45.9 Å². The topological polar surface area (TPSA) is 64.3 Å². The van der Waals surface area contributed by atoms with Gasteiger partial charge < -0.3 is 4.74 Å². The van der Waals surface area contributed by atoms with E-state index in [9.17, 15) is 17.6 Å². The van der Waals surface area contributed by atoms with Gasteiger partial charge in [0.05, 0.1) is 22.5 Å². The molecule has 0 spiro atoms. The molecule has 0 aliphatic heterocycles. The first kappa shape index (κ1) is 19.5. The summed E-state index contributed by atoms with van der Waals surface area (Å²) in [6.07, 6.45) is 5.81. The third-order valence-electron chi connectivity index (χ3n) is 5.20.